The molecule has 0 bridgehead atoms. The van der Waals surface area contributed by atoms with Crippen LogP contribution in [0.2, 0.25) is 0 Å². The summed E-state index contributed by atoms with van der Waals surface area (Å²) in [5.74, 6) is 0. The molecule has 0 radical (unpaired) electrons. The Balaban J connectivity index is 1.85. The van der Waals surface area contributed by atoms with Crippen LogP contribution >= 0.6 is 0 Å². The molecular formula is C24H28N2. The van der Waals surface area contributed by atoms with E-state index in [4.69, 9.17) is 0 Å². The van der Waals surface area contributed by atoms with Crippen LogP contribution in [0.1, 0.15) is 38.8 Å². The first-order chi connectivity index (χ1) is 12.4. The van der Waals surface area contributed by atoms with Crippen LogP contribution in [0.25, 0.3) is 0 Å². The van der Waals surface area contributed by atoms with E-state index in [2.05, 4.69) is 105 Å². The summed E-state index contributed by atoms with van der Waals surface area (Å²) in [6, 6.07) is 19.1. The zero-order valence-electron chi connectivity index (χ0n) is 16.4. The van der Waals surface area contributed by atoms with Gasteiger partial charge in [0.25, 0.3) is 0 Å². The number of anilines is 1. The van der Waals surface area contributed by atoms with Gasteiger partial charge in [0.05, 0.1) is 0 Å². The molecule has 0 amide bonds. The highest BCUT2D eigenvalue weighted by Crippen LogP contribution is 2.42. The van der Waals surface area contributed by atoms with Gasteiger partial charge < -0.3 is 5.32 Å². The van der Waals surface area contributed by atoms with Crippen LogP contribution in [0.5, 0.6) is 0 Å². The maximum atomic E-state index is 4.56. The van der Waals surface area contributed by atoms with Gasteiger partial charge in [0.1, 0.15) is 0 Å². The van der Waals surface area contributed by atoms with Gasteiger partial charge in [-0.3, -0.25) is 4.99 Å². The Morgan fingerprint density at radius 2 is 1.65 bits per heavy atom. The van der Waals surface area contributed by atoms with Gasteiger partial charge in [-0.2, -0.15) is 0 Å². The third-order valence-corrected chi connectivity index (χ3v) is 5.44. The maximum Gasteiger partial charge on any atom is 0.0444 e. The van der Waals surface area contributed by atoms with E-state index in [0.717, 1.165) is 5.71 Å². The summed E-state index contributed by atoms with van der Waals surface area (Å²) in [5.41, 5.74) is 5.94. The van der Waals surface area contributed by atoms with Crippen molar-refractivity contribution in [1.29, 1.82) is 0 Å². The second-order valence-electron chi connectivity index (χ2n) is 7.83. The van der Waals surface area contributed by atoms with E-state index >= 15 is 0 Å². The zero-order chi connectivity index (χ0) is 18.8. The minimum Gasteiger partial charge on any atom is -0.358 e. The van der Waals surface area contributed by atoms with Gasteiger partial charge in [0.15, 0.2) is 0 Å². The fourth-order valence-corrected chi connectivity index (χ4v) is 3.63. The Bertz CT molecular complexity index is 868. The number of aliphatic imine (C=N–C) groups is 1. The maximum absolute atomic E-state index is 4.56. The highest BCUT2D eigenvalue weighted by molar-refractivity contribution is 6.03. The molecule has 1 heterocycles. The van der Waals surface area contributed by atoms with E-state index < -0.39 is 0 Å². The number of fused-ring (bicyclic) bond motifs is 1. The third-order valence-electron chi connectivity index (χ3n) is 5.44. The summed E-state index contributed by atoms with van der Waals surface area (Å²) >= 11 is 0. The summed E-state index contributed by atoms with van der Waals surface area (Å²) in [5, 5.41) is 3.56. The molecule has 0 saturated heterocycles. The number of para-hydroxylation sites is 1. The van der Waals surface area contributed by atoms with Crippen molar-refractivity contribution >= 4 is 11.4 Å². The zero-order valence-corrected chi connectivity index (χ0v) is 16.4. The number of nitrogens with zero attached hydrogens (tertiary/aromatic N) is 1. The van der Waals surface area contributed by atoms with E-state index in [1.165, 1.54) is 22.5 Å². The number of hydrogen-bond donors (Lipinski definition) is 1. The molecule has 0 fully saturated rings. The van der Waals surface area contributed by atoms with E-state index in [0.29, 0.717) is 0 Å². The van der Waals surface area contributed by atoms with Crippen molar-refractivity contribution in [2.75, 3.05) is 12.4 Å². The molecule has 1 N–H and O–H groups in total. The van der Waals surface area contributed by atoms with Gasteiger partial charge in [-0.1, -0.05) is 82.3 Å². The van der Waals surface area contributed by atoms with Crippen LogP contribution in [-0.2, 0) is 10.8 Å². The second kappa shape index (κ2) is 6.95. The molecule has 2 aromatic carbocycles. The quantitative estimate of drug-likeness (QED) is 0.688. The molecule has 26 heavy (non-hydrogen) atoms. The molecule has 2 nitrogen and oxygen atoms in total. The van der Waals surface area contributed by atoms with Gasteiger partial charge in [0, 0.05) is 35.0 Å². The van der Waals surface area contributed by atoms with E-state index in [9.17, 15) is 0 Å². The van der Waals surface area contributed by atoms with Crippen LogP contribution < -0.4 is 5.32 Å². The fraction of sp³-hybridized carbons (Fsp3) is 0.292. The lowest BCUT2D eigenvalue weighted by Crippen LogP contribution is -2.27. The molecule has 3 rings (SSSR count). The third kappa shape index (κ3) is 3.24. The summed E-state index contributed by atoms with van der Waals surface area (Å²) < 4.78 is 0. The van der Waals surface area contributed by atoms with Crippen molar-refractivity contribution in [2.24, 2.45) is 4.99 Å². The highest BCUT2D eigenvalue weighted by atomic mass is 14.9. The molecule has 2 heteroatoms. The van der Waals surface area contributed by atoms with Crippen molar-refractivity contribution < 1.29 is 0 Å². The van der Waals surface area contributed by atoms with Gasteiger partial charge >= 0.3 is 0 Å². The lowest BCUT2D eigenvalue weighted by atomic mass is 9.79. The largest absolute Gasteiger partial charge is 0.358 e. The van der Waals surface area contributed by atoms with E-state index in [1.54, 1.807) is 0 Å². The molecule has 134 valence electrons. The van der Waals surface area contributed by atoms with Crippen LogP contribution in [-0.4, -0.2) is 12.8 Å². The van der Waals surface area contributed by atoms with Gasteiger partial charge in [-0.15, -0.1) is 0 Å². The predicted octanol–water partition coefficient (Wildman–Crippen LogP) is 5.88. The fourth-order valence-electron chi connectivity index (χ4n) is 3.63. The molecule has 0 saturated carbocycles. The van der Waals surface area contributed by atoms with Gasteiger partial charge in [-0.05, 0) is 29.3 Å². The summed E-state index contributed by atoms with van der Waals surface area (Å²) in [7, 11) is 1.87. The van der Waals surface area contributed by atoms with Gasteiger partial charge in [-0.25, -0.2) is 0 Å². The number of allylic oxidation sites excluding steroid dienone is 4. The lowest BCUT2D eigenvalue weighted by molar-refractivity contribution is 0.654. The molecule has 0 aliphatic carbocycles. The number of rotatable bonds is 4. The SMILES string of the molecule is CN=C(C=CC=C1Nc2ccccc2C1(C)C)C(C)(C)c1ccccc1. The Hall–Kier alpha value is -2.61. The molecule has 0 unspecified atom stereocenters. The first kappa shape index (κ1) is 18.2. The normalized spacial score (nSPS) is 18.2. The van der Waals surface area contributed by atoms with E-state index in [-0.39, 0.29) is 10.8 Å². The highest BCUT2D eigenvalue weighted by Gasteiger charge is 2.33. The summed E-state index contributed by atoms with van der Waals surface area (Å²) in [4.78, 5) is 4.56. The monoisotopic (exact) mass is 344 g/mol. The van der Waals surface area contributed by atoms with Crippen molar-refractivity contribution in [3.05, 3.63) is 89.6 Å². The molecule has 0 spiro atoms. The summed E-state index contributed by atoms with van der Waals surface area (Å²) in [6.45, 7) is 8.95. The number of benzene rings is 2. The summed E-state index contributed by atoms with van der Waals surface area (Å²) in [6.07, 6.45) is 6.41. The molecule has 2 aromatic rings. The first-order valence-corrected chi connectivity index (χ1v) is 9.15. The van der Waals surface area contributed by atoms with Crippen molar-refractivity contribution in [3.63, 3.8) is 0 Å². The topological polar surface area (TPSA) is 24.4 Å². The standard InChI is InChI=1S/C24H28N2/c1-23(2,18-12-7-6-8-13-18)21(25-5)16-11-17-22-24(3,4)19-14-9-10-15-20(19)26-22/h6-17,26H,1-5H3. The van der Waals surface area contributed by atoms with Crippen molar-refractivity contribution in [2.45, 2.75) is 38.5 Å². The Labute approximate surface area is 157 Å². The lowest BCUT2D eigenvalue weighted by Gasteiger charge is -2.25. The molecule has 0 atom stereocenters. The Morgan fingerprint density at radius 3 is 2.31 bits per heavy atom. The van der Waals surface area contributed by atoms with E-state index in [1.807, 2.05) is 13.1 Å². The average molecular weight is 345 g/mol. The predicted molar refractivity (Wildman–Crippen MR) is 113 cm³/mol. The molecule has 0 aromatic heterocycles. The average Bonchev–Trinajstić information content (AvgIpc) is 2.90. The Morgan fingerprint density at radius 1 is 1.00 bits per heavy atom. The smallest absolute Gasteiger partial charge is 0.0444 e. The molecule has 1 aliphatic heterocycles. The minimum absolute atomic E-state index is 0.0145. The molecule has 1 aliphatic rings. The van der Waals surface area contributed by atoms with Crippen LogP contribution in [0.3, 0.4) is 0 Å². The van der Waals surface area contributed by atoms with Crippen LogP contribution in [0, 0.1) is 0 Å². The first-order valence-electron chi connectivity index (χ1n) is 9.15. The second-order valence-corrected chi connectivity index (χ2v) is 7.83. The minimum atomic E-state index is -0.132. The Kier molecular flexibility index (Phi) is 4.86. The van der Waals surface area contributed by atoms with Gasteiger partial charge in [0.2, 0.25) is 0 Å². The molecular weight excluding hydrogens is 316 g/mol. The van der Waals surface area contributed by atoms with Crippen LogP contribution in [0.15, 0.2) is 83.5 Å². The van der Waals surface area contributed by atoms with Crippen molar-refractivity contribution in [1.82, 2.24) is 0 Å². The van der Waals surface area contributed by atoms with Crippen molar-refractivity contribution in [3.8, 4) is 0 Å². The number of nitrogens with one attached hydrogen (secondary N) is 1. The van der Waals surface area contributed by atoms with Crippen LogP contribution in [0.4, 0.5) is 5.69 Å². The number of hydrogen-bond acceptors (Lipinski definition) is 2.